The van der Waals surface area contributed by atoms with E-state index in [2.05, 4.69) is 43.4 Å². The highest BCUT2D eigenvalue weighted by Crippen LogP contribution is 2.50. The van der Waals surface area contributed by atoms with E-state index in [1.807, 2.05) is 12.1 Å². The maximum atomic E-state index is 11.1. The third-order valence-electron chi connectivity index (χ3n) is 5.58. The molecule has 3 unspecified atom stereocenters. The zero-order valence-corrected chi connectivity index (χ0v) is 13.9. The largest absolute Gasteiger partial charge is 0.478 e. The molecule has 0 bridgehead atoms. The van der Waals surface area contributed by atoms with Crippen LogP contribution >= 0.6 is 0 Å². The average Bonchev–Trinajstić information content (AvgIpc) is 3.07. The lowest BCUT2D eigenvalue weighted by atomic mass is 9.76. The molecule has 1 aliphatic heterocycles. The van der Waals surface area contributed by atoms with Crippen LogP contribution in [0.4, 0.5) is 5.69 Å². The van der Waals surface area contributed by atoms with Gasteiger partial charge in [0, 0.05) is 11.6 Å². The summed E-state index contributed by atoms with van der Waals surface area (Å²) in [5.74, 6) is 0.0374. The molecule has 0 aromatic heterocycles. The predicted molar refractivity (Wildman–Crippen MR) is 95.7 cm³/mol. The van der Waals surface area contributed by atoms with Crippen molar-refractivity contribution in [2.24, 2.45) is 5.92 Å². The van der Waals surface area contributed by atoms with Gasteiger partial charge in [-0.1, -0.05) is 36.4 Å². The van der Waals surface area contributed by atoms with Crippen LogP contribution in [0, 0.1) is 19.8 Å². The lowest BCUT2D eigenvalue weighted by Crippen LogP contribution is -2.29. The second kappa shape index (κ2) is 5.52. The summed E-state index contributed by atoms with van der Waals surface area (Å²) in [5, 5.41) is 12.9. The zero-order valence-electron chi connectivity index (χ0n) is 13.9. The number of rotatable bonds is 2. The van der Waals surface area contributed by atoms with Gasteiger partial charge in [-0.15, -0.1) is 0 Å². The van der Waals surface area contributed by atoms with Crippen LogP contribution in [0.2, 0.25) is 0 Å². The molecule has 0 saturated heterocycles. The topological polar surface area (TPSA) is 49.3 Å². The van der Waals surface area contributed by atoms with Crippen molar-refractivity contribution in [3.05, 3.63) is 76.4 Å². The summed E-state index contributed by atoms with van der Waals surface area (Å²) in [6.45, 7) is 4.31. The molecule has 0 fully saturated rings. The highest BCUT2D eigenvalue weighted by molar-refractivity contribution is 5.87. The molecule has 0 radical (unpaired) electrons. The van der Waals surface area contributed by atoms with Gasteiger partial charge in [-0.2, -0.15) is 0 Å². The molecule has 2 aliphatic rings. The van der Waals surface area contributed by atoms with Crippen molar-refractivity contribution in [1.29, 1.82) is 0 Å². The van der Waals surface area contributed by atoms with E-state index in [9.17, 15) is 4.79 Å². The average molecular weight is 319 g/mol. The number of allylic oxidation sites excluding steroid dienone is 2. The fraction of sp³-hybridized carbons (Fsp3) is 0.286. The Kier molecular flexibility index (Phi) is 3.45. The molecule has 1 aliphatic carbocycles. The third kappa shape index (κ3) is 2.23. The molecular formula is C21H21NO2. The highest BCUT2D eigenvalue weighted by Gasteiger charge is 2.38. The molecule has 24 heavy (non-hydrogen) atoms. The van der Waals surface area contributed by atoms with Gasteiger partial charge in [0.1, 0.15) is 0 Å². The number of carboxylic acid groups (broad SMARTS) is 1. The van der Waals surface area contributed by atoms with Gasteiger partial charge in [0.05, 0.1) is 11.6 Å². The van der Waals surface area contributed by atoms with Gasteiger partial charge in [0.15, 0.2) is 0 Å². The van der Waals surface area contributed by atoms with Crippen molar-refractivity contribution < 1.29 is 9.90 Å². The number of benzene rings is 2. The molecule has 2 aromatic rings. The number of hydrogen-bond acceptors (Lipinski definition) is 2. The fourth-order valence-corrected chi connectivity index (χ4v) is 4.08. The molecular weight excluding hydrogens is 298 g/mol. The summed E-state index contributed by atoms with van der Waals surface area (Å²) in [6, 6.07) is 12.0. The first kappa shape index (κ1) is 15.0. The van der Waals surface area contributed by atoms with Crippen LogP contribution in [-0.2, 0) is 0 Å². The van der Waals surface area contributed by atoms with E-state index < -0.39 is 5.97 Å². The Labute approximate surface area is 142 Å². The molecule has 4 rings (SSSR count). The first-order chi connectivity index (χ1) is 11.6. The van der Waals surface area contributed by atoms with Gasteiger partial charge in [-0.25, -0.2) is 4.79 Å². The quantitative estimate of drug-likeness (QED) is 0.780. The molecule has 3 atom stereocenters. The molecule has 0 spiro atoms. The number of carbonyl (C=O) groups is 1. The molecule has 1 heterocycles. The Morgan fingerprint density at radius 3 is 2.58 bits per heavy atom. The second-order valence-electron chi connectivity index (χ2n) is 6.87. The lowest BCUT2D eigenvalue weighted by molar-refractivity contribution is 0.0697. The van der Waals surface area contributed by atoms with Gasteiger partial charge >= 0.3 is 5.97 Å². The van der Waals surface area contributed by atoms with Crippen molar-refractivity contribution >= 4 is 11.7 Å². The molecule has 0 saturated carbocycles. The Morgan fingerprint density at radius 1 is 1.12 bits per heavy atom. The van der Waals surface area contributed by atoms with E-state index >= 15 is 0 Å². The second-order valence-corrected chi connectivity index (χ2v) is 6.87. The van der Waals surface area contributed by atoms with Crippen molar-refractivity contribution in [3.63, 3.8) is 0 Å². The Bertz CT molecular complexity index is 836. The molecule has 122 valence electrons. The molecule has 3 heteroatoms. The minimum Gasteiger partial charge on any atom is -0.478 e. The number of aromatic carboxylic acids is 1. The van der Waals surface area contributed by atoms with Crippen LogP contribution in [0.25, 0.3) is 0 Å². The Hall–Kier alpha value is -2.55. The van der Waals surface area contributed by atoms with Gasteiger partial charge in [-0.05, 0) is 60.6 Å². The maximum absolute atomic E-state index is 11.1. The van der Waals surface area contributed by atoms with E-state index in [-0.39, 0.29) is 6.04 Å². The molecule has 0 amide bonds. The Balaban J connectivity index is 1.77. The normalized spacial score (nSPS) is 24.2. The van der Waals surface area contributed by atoms with Gasteiger partial charge in [-0.3, -0.25) is 0 Å². The maximum Gasteiger partial charge on any atom is 0.335 e. The van der Waals surface area contributed by atoms with E-state index in [1.165, 1.54) is 22.4 Å². The van der Waals surface area contributed by atoms with Crippen molar-refractivity contribution in [2.45, 2.75) is 32.2 Å². The van der Waals surface area contributed by atoms with Crippen LogP contribution in [0.1, 0.15) is 51.0 Å². The number of aryl methyl sites for hydroxylation is 1. The molecule has 2 N–H and O–H groups in total. The smallest absolute Gasteiger partial charge is 0.335 e. The summed E-state index contributed by atoms with van der Waals surface area (Å²) in [6.07, 6.45) is 5.66. The first-order valence-electron chi connectivity index (χ1n) is 8.43. The standard InChI is InChI=1S/C21H21NO2/c1-12-6-11-18-16-4-3-5-17(16)20(22-19(18)13(12)2)14-7-9-15(10-8-14)21(23)24/h3-4,6-11,16-17,20,22H,5H2,1-2H3,(H,23,24). The minimum atomic E-state index is -0.879. The number of hydrogen-bond donors (Lipinski definition) is 2. The highest BCUT2D eigenvalue weighted by atomic mass is 16.4. The summed E-state index contributed by atoms with van der Waals surface area (Å²) >= 11 is 0. The number of anilines is 1. The van der Waals surface area contributed by atoms with Crippen LogP contribution in [0.15, 0.2) is 48.6 Å². The van der Waals surface area contributed by atoms with E-state index in [0.717, 1.165) is 12.0 Å². The molecule has 2 aromatic carbocycles. The van der Waals surface area contributed by atoms with Crippen LogP contribution in [-0.4, -0.2) is 11.1 Å². The summed E-state index contributed by atoms with van der Waals surface area (Å²) in [5.41, 5.74) is 6.72. The number of nitrogens with one attached hydrogen (secondary N) is 1. The number of carboxylic acids is 1. The third-order valence-corrected chi connectivity index (χ3v) is 5.58. The zero-order chi connectivity index (χ0) is 16.8. The first-order valence-corrected chi connectivity index (χ1v) is 8.43. The Morgan fingerprint density at radius 2 is 1.88 bits per heavy atom. The van der Waals surface area contributed by atoms with E-state index in [1.54, 1.807) is 12.1 Å². The van der Waals surface area contributed by atoms with Crippen molar-refractivity contribution in [1.82, 2.24) is 0 Å². The monoisotopic (exact) mass is 319 g/mol. The fourth-order valence-electron chi connectivity index (χ4n) is 4.08. The van der Waals surface area contributed by atoms with Gasteiger partial charge < -0.3 is 10.4 Å². The summed E-state index contributed by atoms with van der Waals surface area (Å²) in [4.78, 5) is 11.1. The van der Waals surface area contributed by atoms with Crippen molar-refractivity contribution in [3.8, 4) is 0 Å². The van der Waals surface area contributed by atoms with Gasteiger partial charge in [0.25, 0.3) is 0 Å². The van der Waals surface area contributed by atoms with Crippen LogP contribution in [0.3, 0.4) is 0 Å². The predicted octanol–water partition coefficient (Wildman–Crippen LogP) is 4.83. The van der Waals surface area contributed by atoms with E-state index in [4.69, 9.17) is 5.11 Å². The number of fused-ring (bicyclic) bond motifs is 3. The summed E-state index contributed by atoms with van der Waals surface area (Å²) in [7, 11) is 0. The lowest BCUT2D eigenvalue weighted by Gasteiger charge is -2.38. The van der Waals surface area contributed by atoms with Crippen LogP contribution in [0.5, 0.6) is 0 Å². The summed E-state index contributed by atoms with van der Waals surface area (Å²) < 4.78 is 0. The van der Waals surface area contributed by atoms with Crippen LogP contribution < -0.4 is 5.32 Å². The van der Waals surface area contributed by atoms with Crippen molar-refractivity contribution in [2.75, 3.05) is 5.32 Å². The SMILES string of the molecule is Cc1ccc2c(c1C)NC(c1ccc(C(=O)O)cc1)C1CC=CC21. The van der Waals surface area contributed by atoms with Gasteiger partial charge in [0.2, 0.25) is 0 Å². The van der Waals surface area contributed by atoms with E-state index in [0.29, 0.717) is 17.4 Å². The minimum absolute atomic E-state index is 0.209. The molecule has 3 nitrogen and oxygen atoms in total.